The van der Waals surface area contributed by atoms with Gasteiger partial charge in [0, 0.05) is 8.95 Å². The largest absolute Gasteiger partial charge is 0.489 e. The molecule has 23 rings (SSSR count). The summed E-state index contributed by atoms with van der Waals surface area (Å²) in [6.07, 6.45) is 0. The van der Waals surface area contributed by atoms with Crippen molar-refractivity contribution in [3.05, 3.63) is 330 Å². The van der Waals surface area contributed by atoms with Gasteiger partial charge in [-0.25, -0.2) is 0 Å². The van der Waals surface area contributed by atoms with E-state index in [1.807, 2.05) is 36.4 Å². The van der Waals surface area contributed by atoms with E-state index >= 15 is 0 Å². The first kappa shape index (κ1) is 58.4. The zero-order chi connectivity index (χ0) is 66.9. The maximum Gasteiger partial charge on any atom is 0.489 e. The average Bonchev–Trinajstić information content (AvgIpc) is 1.53. The molecule has 0 fully saturated rings. The van der Waals surface area contributed by atoms with Crippen LogP contribution in [0.3, 0.4) is 0 Å². The Morgan fingerprint density at radius 1 is 0.188 bits per heavy atom. The van der Waals surface area contributed by atoms with Gasteiger partial charge >= 0.3 is 7.12 Å². The van der Waals surface area contributed by atoms with E-state index in [1.54, 1.807) is 6.07 Å². The van der Waals surface area contributed by atoms with Crippen LogP contribution in [-0.2, 0) is 0 Å². The van der Waals surface area contributed by atoms with E-state index < -0.39 is 7.12 Å². The van der Waals surface area contributed by atoms with Crippen molar-refractivity contribution < 1.29 is 10.0 Å². The fourth-order valence-corrected chi connectivity index (χ4v) is 18.6. The second-order valence-electron chi connectivity index (χ2n) is 27.2. The molecule has 5 heteroatoms. The van der Waals surface area contributed by atoms with Gasteiger partial charge in [0.15, 0.2) is 0 Å². The van der Waals surface area contributed by atoms with Crippen molar-refractivity contribution in [1.82, 2.24) is 0 Å². The summed E-state index contributed by atoms with van der Waals surface area (Å²) in [7, 11) is -1.40. The third-order valence-corrected chi connectivity index (χ3v) is 23.8. The molecule has 1 aliphatic rings. The second kappa shape index (κ2) is 22.5. The van der Waals surface area contributed by atoms with Crippen molar-refractivity contribution in [1.29, 1.82) is 0 Å². The lowest BCUT2D eigenvalue weighted by atomic mass is 9.77. The fraction of sp³-hybridized carbons (Fsp3) is 0. The van der Waals surface area contributed by atoms with Crippen LogP contribution in [0.25, 0.3) is 218 Å². The smallest absolute Gasteiger partial charge is 0.423 e. The van der Waals surface area contributed by atoms with Crippen molar-refractivity contribution in [2.45, 2.75) is 0 Å². The number of halogens is 2. The van der Waals surface area contributed by atoms with Crippen molar-refractivity contribution in [3.8, 4) is 66.8 Å². The number of benzene rings is 20. The van der Waals surface area contributed by atoms with Gasteiger partial charge in [-0.3, -0.25) is 0 Å². The van der Waals surface area contributed by atoms with Crippen LogP contribution in [0.4, 0.5) is 0 Å². The van der Waals surface area contributed by atoms with Gasteiger partial charge in [0.25, 0.3) is 0 Å². The van der Waals surface area contributed by atoms with Gasteiger partial charge in [-0.1, -0.05) is 285 Å². The molecule has 1 aliphatic carbocycles. The number of rotatable bonds is 5. The summed E-state index contributed by atoms with van der Waals surface area (Å²) in [6, 6.07) is 117. The summed E-state index contributed by atoms with van der Waals surface area (Å²) in [5, 5.41) is 54.7. The SMILES string of the molecule is Brc1cc2c(-c3ccccc3)c3c(c(-c4ccccc4)c2cc1Br)-c1cc2cccc4ccc5ccc-3c1c5c42.OB(O)c1cccc2ccccc12.c1ccc(-c2c3cc4c(cc3c(-c3ccccc3)c3c5cc6cccc7ccc8ccc(c23)c5c8c76)c2cccc3cccc4c32)cc1. The Hall–Kier alpha value is -11.5. The predicted octanol–water partition coefficient (Wildman–Crippen LogP) is 26.5. The summed E-state index contributed by atoms with van der Waals surface area (Å²) >= 11 is 7.69. The quantitative estimate of drug-likeness (QED) is 0.133. The zero-order valence-electron chi connectivity index (χ0n) is 54.3. The van der Waals surface area contributed by atoms with E-state index in [0.717, 1.165) is 19.7 Å². The molecule has 0 amide bonds. The Morgan fingerprint density at radius 2 is 0.564 bits per heavy atom. The molecule has 0 atom stereocenters. The van der Waals surface area contributed by atoms with Gasteiger partial charge in [-0.2, -0.15) is 0 Å². The molecule has 0 radical (unpaired) electrons. The van der Waals surface area contributed by atoms with Gasteiger partial charge in [0.05, 0.1) is 0 Å². The Labute approximate surface area is 598 Å². The van der Waals surface area contributed by atoms with E-state index in [2.05, 4.69) is 311 Å². The fourth-order valence-electron chi connectivity index (χ4n) is 17.9. The molecule has 468 valence electrons. The second-order valence-corrected chi connectivity index (χ2v) is 28.9. The van der Waals surface area contributed by atoms with Crippen molar-refractivity contribution in [2.24, 2.45) is 0 Å². The molecule has 0 aromatic heterocycles. The summed E-state index contributed by atoms with van der Waals surface area (Å²) in [4.78, 5) is 0. The molecule has 0 bridgehead atoms. The van der Waals surface area contributed by atoms with Gasteiger partial charge in [0.1, 0.15) is 0 Å². The van der Waals surface area contributed by atoms with Crippen LogP contribution in [0.15, 0.2) is 330 Å². The molecule has 0 spiro atoms. The first-order valence-corrected chi connectivity index (χ1v) is 36.1. The molecule has 0 saturated heterocycles. The van der Waals surface area contributed by atoms with E-state index in [9.17, 15) is 0 Å². The molecular weight excluding hydrogens is 1360 g/mol. The predicted molar refractivity (Wildman–Crippen MR) is 441 cm³/mol. The third kappa shape index (κ3) is 8.59. The first-order chi connectivity index (χ1) is 49.8. The molecule has 22 aromatic rings. The lowest BCUT2D eigenvalue weighted by Crippen LogP contribution is -2.30. The maximum atomic E-state index is 9.08. The van der Waals surface area contributed by atoms with Crippen LogP contribution in [0.2, 0.25) is 0 Å². The van der Waals surface area contributed by atoms with Gasteiger partial charge in [0.2, 0.25) is 0 Å². The first-order valence-electron chi connectivity index (χ1n) is 34.5. The normalized spacial score (nSPS) is 12.2. The highest BCUT2D eigenvalue weighted by Crippen LogP contribution is 2.61. The van der Waals surface area contributed by atoms with Crippen LogP contribution < -0.4 is 5.46 Å². The summed E-state index contributed by atoms with van der Waals surface area (Å²) in [5.74, 6) is 0. The number of hydrogen-bond acceptors (Lipinski definition) is 2. The molecule has 101 heavy (non-hydrogen) atoms. The molecule has 2 N–H and O–H groups in total. The molecule has 2 nitrogen and oxygen atoms in total. The lowest BCUT2D eigenvalue weighted by Gasteiger charge is -2.21. The van der Waals surface area contributed by atoms with Gasteiger partial charge < -0.3 is 10.0 Å². The molecule has 0 unspecified atom stereocenters. The Morgan fingerprint density at radius 3 is 1.11 bits per heavy atom. The van der Waals surface area contributed by atoms with Gasteiger partial charge in [-0.05, 0) is 291 Å². The zero-order valence-corrected chi connectivity index (χ0v) is 57.5. The minimum Gasteiger partial charge on any atom is -0.423 e. The number of hydrogen-bond donors (Lipinski definition) is 2. The Balaban J connectivity index is 0.000000113. The molecule has 0 aliphatic heterocycles. The highest BCUT2D eigenvalue weighted by atomic mass is 79.9. The van der Waals surface area contributed by atoms with Crippen LogP contribution in [0.5, 0.6) is 0 Å². The number of fused-ring (bicyclic) bond motifs is 12. The molecule has 22 aromatic carbocycles. The minimum atomic E-state index is -1.40. The highest BCUT2D eigenvalue weighted by molar-refractivity contribution is 9.13. The summed E-state index contributed by atoms with van der Waals surface area (Å²) in [6.45, 7) is 0. The third-order valence-electron chi connectivity index (χ3n) is 22.0. The Kier molecular flexibility index (Phi) is 13.0. The van der Waals surface area contributed by atoms with Crippen LogP contribution in [0.1, 0.15) is 0 Å². The lowest BCUT2D eigenvalue weighted by molar-refractivity contribution is 0.426. The molecular formula is C96H55BBr2O2. The van der Waals surface area contributed by atoms with E-state index in [4.69, 9.17) is 10.0 Å². The van der Waals surface area contributed by atoms with Crippen molar-refractivity contribution in [2.75, 3.05) is 0 Å². The topological polar surface area (TPSA) is 40.5 Å². The summed E-state index contributed by atoms with van der Waals surface area (Å²) in [5.41, 5.74) is 16.1. The molecule has 0 saturated carbocycles. The maximum absolute atomic E-state index is 9.08. The van der Waals surface area contributed by atoms with E-state index in [-0.39, 0.29) is 0 Å². The van der Waals surface area contributed by atoms with Crippen molar-refractivity contribution >= 4 is 195 Å². The van der Waals surface area contributed by atoms with Crippen LogP contribution >= 0.6 is 31.9 Å². The minimum absolute atomic E-state index is 0.554. The van der Waals surface area contributed by atoms with E-state index in [1.165, 1.54) is 207 Å². The highest BCUT2D eigenvalue weighted by Gasteiger charge is 2.33. The average molecular weight is 1410 g/mol. The van der Waals surface area contributed by atoms with Crippen molar-refractivity contribution in [3.63, 3.8) is 0 Å². The summed E-state index contributed by atoms with van der Waals surface area (Å²) < 4.78 is 2.11. The monoisotopic (exact) mass is 1410 g/mol. The standard InChI is InChI=1S/C48H26.C38H20Br2.C10H9BO2/c1-3-10-28(11-4-1)43-38-25-36-33-18-8-15-27-16-9-19-34(42(27)33)37(36)26-39(38)44(29-12-5-2-6-13-29)48-40-24-32-17-7-14-30-20-21-31-22-23-35(47(43)48)46(40)45(31)41(30)32;39-30-19-27-28(20-31(30)40)34(22-10-5-2-6-11-22)38-29-18-25-13-7-12-23-14-15-24-16-17-26(36(29)35(24)32(23)25)37(38)33(27)21-8-3-1-4-9-21;12-11(13)10-7-3-5-8-4-1-2-6-9(8)10/h1-26H;1-20H;1-7,12-13H. The van der Waals surface area contributed by atoms with Crippen LogP contribution in [-0.4, -0.2) is 17.2 Å². The van der Waals surface area contributed by atoms with E-state index in [0.29, 0.717) is 5.46 Å². The Bertz CT molecular complexity index is 7150. The van der Waals surface area contributed by atoms with Gasteiger partial charge in [-0.15, -0.1) is 0 Å². The van der Waals surface area contributed by atoms with Crippen LogP contribution in [0, 0.1) is 0 Å². The molecule has 0 heterocycles.